The summed E-state index contributed by atoms with van der Waals surface area (Å²) in [6, 6.07) is 16.4. The van der Waals surface area contributed by atoms with Crippen LogP contribution in [0.15, 0.2) is 72.8 Å². The highest BCUT2D eigenvalue weighted by Crippen LogP contribution is 2.35. The van der Waals surface area contributed by atoms with Gasteiger partial charge in [0, 0.05) is 51.1 Å². The first-order valence-corrected chi connectivity index (χ1v) is 13.7. The van der Waals surface area contributed by atoms with Gasteiger partial charge in [0.25, 0.3) is 5.91 Å². The highest BCUT2D eigenvalue weighted by Gasteiger charge is 2.46. The third-order valence-corrected chi connectivity index (χ3v) is 7.82. The smallest absolute Gasteiger partial charge is 0.416 e. The van der Waals surface area contributed by atoms with E-state index in [2.05, 4.69) is 10.2 Å². The maximum atomic E-state index is 12.8. The average molecular weight is 606 g/mol. The molecule has 1 N–H and O–H groups in total. The van der Waals surface area contributed by atoms with E-state index in [0.717, 1.165) is 35.4 Å². The monoisotopic (exact) mass is 605 g/mol. The Bertz CT molecular complexity index is 1430. The number of piperidine rings is 1. The van der Waals surface area contributed by atoms with Crippen molar-refractivity contribution in [3.63, 3.8) is 0 Å². The summed E-state index contributed by atoms with van der Waals surface area (Å²) in [7, 11) is 0. The van der Waals surface area contributed by atoms with Crippen molar-refractivity contribution in [3.05, 3.63) is 106 Å². The summed E-state index contributed by atoms with van der Waals surface area (Å²) in [5.74, 6) is -0.381. The van der Waals surface area contributed by atoms with Gasteiger partial charge in [0.05, 0.1) is 17.7 Å². The van der Waals surface area contributed by atoms with Crippen LogP contribution >= 0.6 is 0 Å². The summed E-state index contributed by atoms with van der Waals surface area (Å²) in [5.41, 5.74) is 0.431. The van der Waals surface area contributed by atoms with Crippen molar-refractivity contribution in [1.82, 2.24) is 15.1 Å². The Kier molecular flexibility index (Phi) is 8.42. The highest BCUT2D eigenvalue weighted by atomic mass is 19.4. The van der Waals surface area contributed by atoms with Gasteiger partial charge in [-0.3, -0.25) is 14.6 Å². The van der Waals surface area contributed by atoms with Gasteiger partial charge in [-0.1, -0.05) is 36.4 Å². The molecule has 0 radical (unpaired) electrons. The van der Waals surface area contributed by atoms with E-state index in [1.165, 1.54) is 24.3 Å². The first-order chi connectivity index (χ1) is 20.3. The minimum absolute atomic E-state index is 0.0716. The minimum atomic E-state index is -4.42. The molecule has 2 heterocycles. The number of alkyl halides is 6. The van der Waals surface area contributed by atoms with E-state index >= 15 is 0 Å². The van der Waals surface area contributed by atoms with Crippen LogP contribution in [0.3, 0.4) is 0 Å². The number of nitrogens with zero attached hydrogens (tertiary/aromatic N) is 2. The summed E-state index contributed by atoms with van der Waals surface area (Å²) >= 11 is 0. The van der Waals surface area contributed by atoms with E-state index in [1.807, 2.05) is 0 Å². The fraction of sp³-hybridized carbons (Fsp3) is 0.355. The van der Waals surface area contributed by atoms with E-state index in [4.69, 9.17) is 4.74 Å². The maximum Gasteiger partial charge on any atom is 0.416 e. The Morgan fingerprint density at radius 2 is 1.23 bits per heavy atom. The Morgan fingerprint density at radius 1 is 0.744 bits per heavy atom. The molecule has 0 saturated carbocycles. The molecular formula is C31H29F6N3O3. The molecule has 2 amide bonds. The third-order valence-electron chi connectivity index (χ3n) is 7.82. The summed E-state index contributed by atoms with van der Waals surface area (Å²) in [5, 5.41) is 2.69. The van der Waals surface area contributed by atoms with Crippen molar-refractivity contribution in [2.45, 2.75) is 50.4 Å². The predicted molar refractivity (Wildman–Crippen MR) is 145 cm³/mol. The maximum absolute atomic E-state index is 12.8. The van der Waals surface area contributed by atoms with Crippen LogP contribution in [0.1, 0.15) is 51.0 Å². The number of rotatable bonds is 7. The van der Waals surface area contributed by atoms with Crippen molar-refractivity contribution in [1.29, 1.82) is 0 Å². The fourth-order valence-electron chi connectivity index (χ4n) is 5.33. The van der Waals surface area contributed by atoms with Gasteiger partial charge in [-0.15, -0.1) is 0 Å². The van der Waals surface area contributed by atoms with Gasteiger partial charge in [0.2, 0.25) is 0 Å². The van der Waals surface area contributed by atoms with E-state index in [1.54, 1.807) is 29.2 Å². The van der Waals surface area contributed by atoms with Gasteiger partial charge in [-0.05, 0) is 53.1 Å². The van der Waals surface area contributed by atoms with Crippen molar-refractivity contribution in [3.8, 4) is 0 Å². The van der Waals surface area contributed by atoms with Crippen LogP contribution in [0.4, 0.5) is 31.1 Å². The van der Waals surface area contributed by atoms with E-state index in [-0.39, 0.29) is 12.5 Å². The van der Waals surface area contributed by atoms with E-state index in [0.29, 0.717) is 56.7 Å². The lowest BCUT2D eigenvalue weighted by atomic mass is 9.91. The molecule has 43 heavy (non-hydrogen) atoms. The van der Waals surface area contributed by atoms with Gasteiger partial charge in [-0.25, -0.2) is 4.79 Å². The average Bonchev–Trinajstić information content (AvgIpc) is 3.26. The summed E-state index contributed by atoms with van der Waals surface area (Å²) in [4.78, 5) is 29.0. The van der Waals surface area contributed by atoms with E-state index in [9.17, 15) is 35.9 Å². The standard InChI is InChI=1S/C31H29F6N3O3/c32-30(33,34)25-9-3-21(4-10-25)17-38-27(41)24-7-1-23(2-8-24)19-40-20-29(43-28(40)42)13-15-39(16-14-29)18-22-5-11-26(12-6-22)31(35,36)37/h1-12H,13-20H2,(H,38,41). The number of ether oxygens (including phenoxy) is 1. The summed E-state index contributed by atoms with van der Waals surface area (Å²) in [6.45, 7) is 2.56. The third kappa shape index (κ3) is 7.48. The zero-order valence-corrected chi connectivity index (χ0v) is 23.0. The summed E-state index contributed by atoms with van der Waals surface area (Å²) < 4.78 is 82.4. The van der Waals surface area contributed by atoms with Crippen molar-refractivity contribution in [2.75, 3.05) is 19.6 Å². The van der Waals surface area contributed by atoms with Gasteiger partial charge in [0.1, 0.15) is 5.60 Å². The molecule has 3 aromatic carbocycles. The number of carbonyl (C=O) groups is 2. The molecule has 2 saturated heterocycles. The zero-order chi connectivity index (χ0) is 30.8. The molecular weight excluding hydrogens is 576 g/mol. The van der Waals surface area contributed by atoms with Crippen LogP contribution < -0.4 is 5.32 Å². The molecule has 2 aliphatic heterocycles. The van der Waals surface area contributed by atoms with Gasteiger partial charge >= 0.3 is 18.4 Å². The molecule has 1 spiro atoms. The van der Waals surface area contributed by atoms with Gasteiger partial charge in [0.15, 0.2) is 0 Å². The molecule has 2 aliphatic rings. The molecule has 0 aromatic heterocycles. The van der Waals surface area contributed by atoms with Crippen LogP contribution in [-0.4, -0.2) is 47.0 Å². The SMILES string of the molecule is O=C(NCc1ccc(C(F)(F)F)cc1)c1ccc(CN2CC3(CCN(Cc4ccc(C(F)(F)F)cc4)CC3)OC2=O)cc1. The van der Waals surface area contributed by atoms with Crippen LogP contribution in [0.5, 0.6) is 0 Å². The quantitative estimate of drug-likeness (QED) is 0.307. The Balaban J connectivity index is 1.09. The minimum Gasteiger partial charge on any atom is -0.441 e. The molecule has 3 aromatic rings. The first kappa shape index (κ1) is 30.4. The van der Waals surface area contributed by atoms with Crippen LogP contribution in [-0.2, 0) is 36.7 Å². The number of halogens is 6. The molecule has 0 unspecified atom stereocenters. The Morgan fingerprint density at radius 3 is 1.77 bits per heavy atom. The van der Waals surface area contributed by atoms with Crippen molar-refractivity contribution < 1.29 is 40.7 Å². The molecule has 0 aliphatic carbocycles. The fourth-order valence-corrected chi connectivity index (χ4v) is 5.33. The Hall–Kier alpha value is -4.06. The van der Waals surface area contributed by atoms with Crippen LogP contribution in [0.2, 0.25) is 0 Å². The second-order valence-corrected chi connectivity index (χ2v) is 11.0. The second kappa shape index (κ2) is 11.9. The lowest BCUT2D eigenvalue weighted by Crippen LogP contribution is -2.46. The van der Waals surface area contributed by atoms with Crippen molar-refractivity contribution >= 4 is 12.0 Å². The molecule has 0 atom stereocenters. The van der Waals surface area contributed by atoms with Crippen LogP contribution in [0.25, 0.3) is 0 Å². The lowest BCUT2D eigenvalue weighted by Gasteiger charge is -2.37. The highest BCUT2D eigenvalue weighted by molar-refractivity contribution is 5.94. The zero-order valence-electron chi connectivity index (χ0n) is 23.0. The number of hydrogen-bond donors (Lipinski definition) is 1. The number of likely N-dealkylation sites (tertiary alicyclic amines) is 1. The second-order valence-electron chi connectivity index (χ2n) is 11.0. The molecule has 228 valence electrons. The molecule has 12 heteroatoms. The van der Waals surface area contributed by atoms with E-state index < -0.39 is 35.2 Å². The normalized spacial score (nSPS) is 17.3. The Labute approximate surface area is 244 Å². The lowest BCUT2D eigenvalue weighted by molar-refractivity contribution is -0.138. The topological polar surface area (TPSA) is 61.9 Å². The number of benzene rings is 3. The predicted octanol–water partition coefficient (Wildman–Crippen LogP) is 6.64. The molecule has 5 rings (SSSR count). The first-order valence-electron chi connectivity index (χ1n) is 13.7. The van der Waals surface area contributed by atoms with Crippen LogP contribution in [0, 0.1) is 0 Å². The number of nitrogens with one attached hydrogen (secondary N) is 1. The molecule has 6 nitrogen and oxygen atoms in total. The number of carbonyl (C=O) groups excluding carboxylic acids is 2. The summed E-state index contributed by atoms with van der Waals surface area (Å²) in [6.07, 6.45) is -8.00. The molecule has 0 bridgehead atoms. The van der Waals surface area contributed by atoms with Gasteiger partial charge < -0.3 is 10.1 Å². The number of amides is 2. The molecule has 2 fully saturated rings. The number of hydrogen-bond acceptors (Lipinski definition) is 4. The van der Waals surface area contributed by atoms with Crippen molar-refractivity contribution in [2.24, 2.45) is 0 Å². The van der Waals surface area contributed by atoms with Gasteiger partial charge in [-0.2, -0.15) is 26.3 Å². The largest absolute Gasteiger partial charge is 0.441 e.